The first-order valence-corrected chi connectivity index (χ1v) is 7.64. The molecule has 0 aliphatic rings. The lowest BCUT2D eigenvalue weighted by Crippen LogP contribution is -2.42. The van der Waals surface area contributed by atoms with E-state index in [0.29, 0.717) is 12.0 Å². The monoisotopic (exact) mass is 303 g/mol. The standard InChI is InChI=1S/C13H18FNO4S/c1-4-10(3)15(8-13(16)17)20(18,19)12-7-9(2)5-6-11(12)14/h5-7,10H,4,8H2,1-3H3,(H,16,17). The van der Waals surface area contributed by atoms with Gasteiger partial charge in [-0.3, -0.25) is 4.79 Å². The van der Waals surface area contributed by atoms with Gasteiger partial charge in [0.2, 0.25) is 10.0 Å². The van der Waals surface area contributed by atoms with Gasteiger partial charge in [0.25, 0.3) is 0 Å². The van der Waals surface area contributed by atoms with Crippen LogP contribution in [0.25, 0.3) is 0 Å². The molecule has 0 spiro atoms. The van der Waals surface area contributed by atoms with Gasteiger partial charge >= 0.3 is 5.97 Å². The van der Waals surface area contributed by atoms with Crippen LogP contribution in [-0.2, 0) is 14.8 Å². The molecule has 0 aromatic heterocycles. The molecule has 0 fully saturated rings. The molecule has 20 heavy (non-hydrogen) atoms. The number of carboxylic acids is 1. The number of sulfonamides is 1. The fourth-order valence-electron chi connectivity index (χ4n) is 1.75. The number of carboxylic acid groups (broad SMARTS) is 1. The third kappa shape index (κ3) is 3.55. The summed E-state index contributed by atoms with van der Waals surface area (Å²) in [6.07, 6.45) is 0.431. The summed E-state index contributed by atoms with van der Waals surface area (Å²) in [6.45, 7) is 4.28. The van der Waals surface area contributed by atoms with Crippen LogP contribution in [0.2, 0.25) is 0 Å². The molecular weight excluding hydrogens is 285 g/mol. The van der Waals surface area contributed by atoms with Crippen LogP contribution in [0.3, 0.4) is 0 Å². The minimum Gasteiger partial charge on any atom is -0.480 e. The largest absolute Gasteiger partial charge is 0.480 e. The van der Waals surface area contributed by atoms with Crippen molar-refractivity contribution < 1.29 is 22.7 Å². The SMILES string of the molecule is CCC(C)N(CC(=O)O)S(=O)(=O)c1cc(C)ccc1F. The summed E-state index contributed by atoms with van der Waals surface area (Å²) in [4.78, 5) is 10.4. The lowest BCUT2D eigenvalue weighted by molar-refractivity contribution is -0.137. The number of hydrogen-bond donors (Lipinski definition) is 1. The Hall–Kier alpha value is -1.47. The zero-order valence-corrected chi connectivity index (χ0v) is 12.4. The Bertz CT molecular complexity index is 600. The average Bonchev–Trinajstić information content (AvgIpc) is 2.37. The van der Waals surface area contributed by atoms with E-state index in [2.05, 4.69) is 0 Å². The van der Waals surface area contributed by atoms with E-state index in [1.807, 2.05) is 0 Å². The van der Waals surface area contributed by atoms with Crippen molar-refractivity contribution in [3.8, 4) is 0 Å². The smallest absolute Gasteiger partial charge is 0.318 e. The second kappa shape index (κ2) is 6.32. The minimum absolute atomic E-state index is 0.431. The Morgan fingerprint density at radius 2 is 2.05 bits per heavy atom. The van der Waals surface area contributed by atoms with Gasteiger partial charge in [-0.25, -0.2) is 12.8 Å². The highest BCUT2D eigenvalue weighted by Gasteiger charge is 2.32. The van der Waals surface area contributed by atoms with Crippen LogP contribution >= 0.6 is 0 Å². The van der Waals surface area contributed by atoms with E-state index in [1.165, 1.54) is 12.1 Å². The molecule has 112 valence electrons. The third-order valence-corrected chi connectivity index (χ3v) is 5.02. The van der Waals surface area contributed by atoms with Gasteiger partial charge in [0.1, 0.15) is 17.3 Å². The van der Waals surface area contributed by atoms with Crippen molar-refractivity contribution >= 4 is 16.0 Å². The maximum absolute atomic E-state index is 13.8. The average molecular weight is 303 g/mol. The molecule has 0 radical (unpaired) electrons. The Kier molecular flexibility index (Phi) is 5.24. The molecule has 0 saturated heterocycles. The van der Waals surface area contributed by atoms with Gasteiger partial charge in [0.15, 0.2) is 0 Å². The minimum atomic E-state index is -4.18. The van der Waals surface area contributed by atoms with Gasteiger partial charge in [-0.05, 0) is 38.0 Å². The number of nitrogens with zero attached hydrogens (tertiary/aromatic N) is 1. The fourth-order valence-corrected chi connectivity index (χ4v) is 3.55. The number of halogens is 1. The first kappa shape index (κ1) is 16.6. The number of hydrogen-bond acceptors (Lipinski definition) is 3. The van der Waals surface area contributed by atoms with Gasteiger partial charge in [0, 0.05) is 6.04 Å². The quantitative estimate of drug-likeness (QED) is 0.872. The molecule has 1 N–H and O–H groups in total. The van der Waals surface area contributed by atoms with E-state index in [4.69, 9.17) is 5.11 Å². The van der Waals surface area contributed by atoms with Crippen molar-refractivity contribution in [2.24, 2.45) is 0 Å². The predicted octanol–water partition coefficient (Wildman–Crippen LogP) is 2.01. The molecule has 0 aliphatic carbocycles. The summed E-state index contributed by atoms with van der Waals surface area (Å²) in [5.74, 6) is -2.16. The first-order valence-electron chi connectivity index (χ1n) is 6.20. The molecular formula is C13H18FNO4S. The van der Waals surface area contributed by atoms with Crippen molar-refractivity contribution in [1.82, 2.24) is 4.31 Å². The van der Waals surface area contributed by atoms with Crippen LogP contribution in [0, 0.1) is 12.7 Å². The van der Waals surface area contributed by atoms with Gasteiger partial charge in [-0.2, -0.15) is 4.31 Å². The molecule has 1 aromatic rings. The van der Waals surface area contributed by atoms with E-state index in [-0.39, 0.29) is 0 Å². The van der Waals surface area contributed by atoms with Crippen molar-refractivity contribution in [2.75, 3.05) is 6.54 Å². The number of aliphatic carboxylic acids is 1. The van der Waals surface area contributed by atoms with E-state index in [0.717, 1.165) is 10.4 Å². The highest BCUT2D eigenvalue weighted by Crippen LogP contribution is 2.23. The maximum Gasteiger partial charge on any atom is 0.318 e. The lowest BCUT2D eigenvalue weighted by Gasteiger charge is -2.26. The Morgan fingerprint density at radius 1 is 1.45 bits per heavy atom. The van der Waals surface area contributed by atoms with E-state index >= 15 is 0 Å². The normalized spacial score (nSPS) is 13.4. The predicted molar refractivity (Wildman–Crippen MR) is 72.4 cm³/mol. The summed E-state index contributed by atoms with van der Waals surface area (Å²) < 4.78 is 39.5. The summed E-state index contributed by atoms with van der Waals surface area (Å²) in [5.41, 5.74) is 0.587. The van der Waals surface area contributed by atoms with Crippen molar-refractivity contribution in [3.63, 3.8) is 0 Å². The summed E-state index contributed by atoms with van der Waals surface area (Å²) >= 11 is 0. The van der Waals surface area contributed by atoms with Crippen LogP contribution in [0.15, 0.2) is 23.1 Å². The lowest BCUT2D eigenvalue weighted by atomic mass is 10.2. The molecule has 0 bridgehead atoms. The van der Waals surface area contributed by atoms with Gasteiger partial charge in [-0.15, -0.1) is 0 Å². The molecule has 0 heterocycles. The summed E-state index contributed by atoms with van der Waals surface area (Å²) in [6, 6.07) is 3.20. The highest BCUT2D eigenvalue weighted by atomic mass is 32.2. The second-order valence-corrected chi connectivity index (χ2v) is 6.49. The van der Waals surface area contributed by atoms with Gasteiger partial charge in [0.05, 0.1) is 0 Å². The Labute approximate surface area is 118 Å². The number of aryl methyl sites for hydroxylation is 1. The molecule has 0 amide bonds. The van der Waals surface area contributed by atoms with Gasteiger partial charge < -0.3 is 5.11 Å². The van der Waals surface area contributed by atoms with Gasteiger partial charge in [-0.1, -0.05) is 13.0 Å². The molecule has 0 saturated carbocycles. The van der Waals surface area contributed by atoms with Crippen molar-refractivity contribution in [3.05, 3.63) is 29.6 Å². The maximum atomic E-state index is 13.8. The zero-order chi connectivity index (χ0) is 15.5. The topological polar surface area (TPSA) is 74.7 Å². The van der Waals surface area contributed by atoms with E-state index < -0.39 is 39.3 Å². The molecule has 1 rings (SSSR count). The molecule has 1 aromatic carbocycles. The second-order valence-electron chi connectivity index (χ2n) is 4.64. The number of benzene rings is 1. The number of carbonyl (C=O) groups is 1. The van der Waals surface area contributed by atoms with Crippen LogP contribution in [0.4, 0.5) is 4.39 Å². The number of rotatable bonds is 6. The van der Waals surface area contributed by atoms with Crippen LogP contribution in [0.5, 0.6) is 0 Å². The van der Waals surface area contributed by atoms with Crippen LogP contribution < -0.4 is 0 Å². The molecule has 7 heteroatoms. The third-order valence-electron chi connectivity index (χ3n) is 3.05. The molecule has 1 unspecified atom stereocenters. The first-order chi connectivity index (χ1) is 9.20. The van der Waals surface area contributed by atoms with E-state index in [1.54, 1.807) is 20.8 Å². The summed E-state index contributed by atoms with van der Waals surface area (Å²) in [5, 5.41) is 8.86. The molecule has 0 aliphatic heterocycles. The van der Waals surface area contributed by atoms with Crippen LogP contribution in [0.1, 0.15) is 25.8 Å². The Morgan fingerprint density at radius 3 is 2.55 bits per heavy atom. The Balaban J connectivity index is 3.35. The molecule has 5 nitrogen and oxygen atoms in total. The molecule has 1 atom stereocenters. The zero-order valence-electron chi connectivity index (χ0n) is 11.6. The van der Waals surface area contributed by atoms with Crippen molar-refractivity contribution in [2.45, 2.75) is 38.1 Å². The summed E-state index contributed by atoms with van der Waals surface area (Å²) in [7, 11) is -4.18. The van der Waals surface area contributed by atoms with E-state index in [9.17, 15) is 17.6 Å². The highest BCUT2D eigenvalue weighted by molar-refractivity contribution is 7.89. The van der Waals surface area contributed by atoms with Crippen LogP contribution in [-0.4, -0.2) is 36.4 Å². The van der Waals surface area contributed by atoms with Crippen molar-refractivity contribution in [1.29, 1.82) is 0 Å². The fraction of sp³-hybridized carbons (Fsp3) is 0.462.